The Morgan fingerprint density at radius 3 is 2.61 bits per heavy atom. The number of carbonyl (C=O) groups is 2. The lowest BCUT2D eigenvalue weighted by Gasteiger charge is -2.12. The Morgan fingerprint density at radius 2 is 2.00 bits per heavy atom. The minimum absolute atomic E-state index is 0.00954. The highest BCUT2D eigenvalue weighted by Gasteiger charge is 2.16. The molecule has 1 aromatic carbocycles. The van der Waals surface area contributed by atoms with Crippen molar-refractivity contribution in [2.24, 2.45) is 0 Å². The van der Waals surface area contributed by atoms with Crippen molar-refractivity contribution < 1.29 is 22.7 Å². The van der Waals surface area contributed by atoms with E-state index in [1.54, 1.807) is 0 Å². The van der Waals surface area contributed by atoms with Gasteiger partial charge in [-0.2, -0.15) is 0 Å². The van der Waals surface area contributed by atoms with Gasteiger partial charge in [-0.05, 0) is 38.6 Å². The molecule has 2 N–H and O–H groups in total. The highest BCUT2D eigenvalue weighted by atomic mass is 32.2. The third-order valence-electron chi connectivity index (χ3n) is 3.11. The van der Waals surface area contributed by atoms with E-state index in [1.807, 2.05) is 13.8 Å². The lowest BCUT2D eigenvalue weighted by atomic mass is 10.2. The molecule has 0 heterocycles. The van der Waals surface area contributed by atoms with Crippen LogP contribution in [0.2, 0.25) is 0 Å². The second-order valence-electron chi connectivity index (χ2n) is 5.07. The third kappa shape index (κ3) is 5.99. The van der Waals surface area contributed by atoms with Crippen LogP contribution in [0.15, 0.2) is 29.2 Å². The Morgan fingerprint density at radius 1 is 1.30 bits per heavy atom. The van der Waals surface area contributed by atoms with Gasteiger partial charge in [0.05, 0.1) is 10.5 Å². The lowest BCUT2D eigenvalue weighted by Crippen LogP contribution is -2.35. The van der Waals surface area contributed by atoms with E-state index in [9.17, 15) is 18.0 Å². The molecule has 8 heteroatoms. The highest BCUT2D eigenvalue weighted by molar-refractivity contribution is 7.89. The standard InChI is InChI=1S/C15H22N2O5S/c1-4-6-11(2)17-14(18)10-22-15(19)12-7-5-8-13(9-12)23(20,21)16-3/h5,7-9,11,16H,4,6,10H2,1-3H3,(H,17,18). The first-order valence-corrected chi connectivity index (χ1v) is 8.78. The van der Waals surface area contributed by atoms with Gasteiger partial charge in [0.15, 0.2) is 6.61 Å². The lowest BCUT2D eigenvalue weighted by molar-refractivity contribution is -0.124. The molecule has 23 heavy (non-hydrogen) atoms. The van der Waals surface area contributed by atoms with Gasteiger partial charge in [0.25, 0.3) is 5.91 Å². The molecule has 128 valence electrons. The van der Waals surface area contributed by atoms with Crippen molar-refractivity contribution >= 4 is 21.9 Å². The Hall–Kier alpha value is -1.93. The Labute approximate surface area is 136 Å². The van der Waals surface area contributed by atoms with Gasteiger partial charge in [0.2, 0.25) is 10.0 Å². The molecule has 0 aromatic heterocycles. The summed E-state index contributed by atoms with van der Waals surface area (Å²) in [6.45, 7) is 3.47. The molecule has 1 atom stereocenters. The number of benzene rings is 1. The number of nitrogens with one attached hydrogen (secondary N) is 2. The summed E-state index contributed by atoms with van der Waals surface area (Å²) >= 11 is 0. The van der Waals surface area contributed by atoms with E-state index >= 15 is 0 Å². The molecule has 7 nitrogen and oxygen atoms in total. The number of carbonyl (C=O) groups excluding carboxylic acids is 2. The van der Waals surface area contributed by atoms with Crippen LogP contribution in [0.25, 0.3) is 0 Å². The molecule has 0 aliphatic heterocycles. The van der Waals surface area contributed by atoms with E-state index in [1.165, 1.54) is 31.3 Å². The average molecular weight is 342 g/mol. The largest absolute Gasteiger partial charge is 0.452 e. The topological polar surface area (TPSA) is 102 Å². The normalized spacial score (nSPS) is 12.5. The number of rotatable bonds is 8. The number of hydrogen-bond donors (Lipinski definition) is 2. The molecule has 0 radical (unpaired) electrons. The first-order chi connectivity index (χ1) is 10.8. The maximum Gasteiger partial charge on any atom is 0.338 e. The number of sulfonamides is 1. The zero-order valence-electron chi connectivity index (χ0n) is 13.5. The summed E-state index contributed by atoms with van der Waals surface area (Å²) in [6.07, 6.45) is 1.78. The van der Waals surface area contributed by atoms with Gasteiger partial charge in [-0.3, -0.25) is 4.79 Å². The van der Waals surface area contributed by atoms with Gasteiger partial charge in [-0.1, -0.05) is 19.4 Å². The summed E-state index contributed by atoms with van der Waals surface area (Å²) in [5.74, 6) is -1.14. The highest BCUT2D eigenvalue weighted by Crippen LogP contribution is 2.12. The molecule has 0 saturated heterocycles. The van der Waals surface area contributed by atoms with Gasteiger partial charge in [-0.15, -0.1) is 0 Å². The minimum atomic E-state index is -3.64. The smallest absolute Gasteiger partial charge is 0.338 e. The van der Waals surface area contributed by atoms with Crippen molar-refractivity contribution in [1.82, 2.24) is 10.0 Å². The van der Waals surface area contributed by atoms with Crippen LogP contribution in [0.4, 0.5) is 0 Å². The van der Waals surface area contributed by atoms with Crippen LogP contribution >= 0.6 is 0 Å². The van der Waals surface area contributed by atoms with Gasteiger partial charge >= 0.3 is 5.97 Å². The summed E-state index contributed by atoms with van der Waals surface area (Å²) in [5, 5.41) is 2.71. The van der Waals surface area contributed by atoms with Crippen LogP contribution in [0.1, 0.15) is 37.0 Å². The van der Waals surface area contributed by atoms with E-state index < -0.39 is 28.5 Å². The fourth-order valence-corrected chi connectivity index (χ4v) is 2.72. The number of hydrogen-bond acceptors (Lipinski definition) is 5. The summed E-state index contributed by atoms with van der Waals surface area (Å²) < 4.78 is 30.5. The molecular weight excluding hydrogens is 320 g/mol. The van der Waals surface area contributed by atoms with Crippen LogP contribution in [-0.2, 0) is 19.6 Å². The maximum atomic E-state index is 11.9. The molecule has 1 rings (SSSR count). The fourth-order valence-electron chi connectivity index (χ4n) is 1.94. The minimum Gasteiger partial charge on any atom is -0.452 e. The molecule has 0 spiro atoms. The molecule has 1 amide bonds. The van der Waals surface area contributed by atoms with E-state index in [2.05, 4.69) is 10.0 Å². The third-order valence-corrected chi connectivity index (χ3v) is 4.52. The zero-order valence-corrected chi connectivity index (χ0v) is 14.3. The molecule has 1 aromatic rings. The SMILES string of the molecule is CCCC(C)NC(=O)COC(=O)c1cccc(S(=O)(=O)NC)c1. The van der Waals surface area contributed by atoms with Crippen LogP contribution in [0.3, 0.4) is 0 Å². The fraction of sp³-hybridized carbons (Fsp3) is 0.467. The summed E-state index contributed by atoms with van der Waals surface area (Å²) in [7, 11) is -2.36. The quantitative estimate of drug-likeness (QED) is 0.688. The molecule has 1 unspecified atom stereocenters. The van der Waals surface area contributed by atoms with Crippen LogP contribution in [-0.4, -0.2) is 40.0 Å². The Balaban J connectivity index is 2.66. The Kier molecular flexibility index (Phi) is 7.18. The first-order valence-electron chi connectivity index (χ1n) is 7.30. The molecular formula is C15H22N2O5S. The van der Waals surface area contributed by atoms with E-state index in [-0.39, 0.29) is 16.5 Å². The monoisotopic (exact) mass is 342 g/mol. The van der Waals surface area contributed by atoms with Crippen molar-refractivity contribution in [3.05, 3.63) is 29.8 Å². The van der Waals surface area contributed by atoms with E-state index in [0.717, 1.165) is 12.8 Å². The second-order valence-corrected chi connectivity index (χ2v) is 6.96. The van der Waals surface area contributed by atoms with E-state index in [0.29, 0.717) is 0 Å². The van der Waals surface area contributed by atoms with Crippen LogP contribution in [0.5, 0.6) is 0 Å². The number of amides is 1. The van der Waals surface area contributed by atoms with Gasteiger partial charge in [0.1, 0.15) is 0 Å². The van der Waals surface area contributed by atoms with Crippen molar-refractivity contribution in [3.8, 4) is 0 Å². The predicted octanol–water partition coefficient (Wildman–Crippen LogP) is 1.06. The molecule has 0 aliphatic carbocycles. The molecule has 0 aliphatic rings. The van der Waals surface area contributed by atoms with Crippen molar-refractivity contribution in [3.63, 3.8) is 0 Å². The summed E-state index contributed by atoms with van der Waals surface area (Å²) in [6, 6.07) is 5.43. The van der Waals surface area contributed by atoms with Gasteiger partial charge in [-0.25, -0.2) is 17.9 Å². The van der Waals surface area contributed by atoms with Crippen molar-refractivity contribution in [2.45, 2.75) is 37.6 Å². The average Bonchev–Trinajstić information content (AvgIpc) is 2.52. The Bertz CT molecular complexity index is 658. The van der Waals surface area contributed by atoms with Gasteiger partial charge < -0.3 is 10.1 Å². The molecule has 0 saturated carbocycles. The van der Waals surface area contributed by atoms with E-state index in [4.69, 9.17) is 4.74 Å². The number of esters is 1. The van der Waals surface area contributed by atoms with Crippen LogP contribution in [0, 0.1) is 0 Å². The van der Waals surface area contributed by atoms with Crippen molar-refractivity contribution in [2.75, 3.05) is 13.7 Å². The summed E-state index contributed by atoms with van der Waals surface area (Å²) in [4.78, 5) is 23.5. The van der Waals surface area contributed by atoms with Crippen molar-refractivity contribution in [1.29, 1.82) is 0 Å². The first kappa shape index (κ1) is 19.1. The predicted molar refractivity (Wildman–Crippen MR) is 85.5 cm³/mol. The van der Waals surface area contributed by atoms with Crippen LogP contribution < -0.4 is 10.0 Å². The molecule has 0 fully saturated rings. The maximum absolute atomic E-state index is 11.9. The molecule has 0 bridgehead atoms. The second kappa shape index (κ2) is 8.64. The summed E-state index contributed by atoms with van der Waals surface area (Å²) in [5.41, 5.74) is 0.0655. The van der Waals surface area contributed by atoms with Gasteiger partial charge in [0, 0.05) is 6.04 Å². The zero-order chi connectivity index (χ0) is 17.5. The number of ether oxygens (including phenoxy) is 1.